The number of hydrogen-bond donors (Lipinski definition) is 0. The van der Waals surface area contributed by atoms with Crippen molar-refractivity contribution in [2.45, 2.75) is 32.2 Å². The number of anilines is 1. The summed E-state index contributed by atoms with van der Waals surface area (Å²) in [6, 6.07) is 0. The average Bonchev–Trinajstić information content (AvgIpc) is 2.83. The molecule has 0 radical (unpaired) electrons. The summed E-state index contributed by atoms with van der Waals surface area (Å²) in [4.78, 5) is 28.4. The second-order valence-corrected chi connectivity index (χ2v) is 7.11. The molecule has 136 valence electrons. The van der Waals surface area contributed by atoms with Crippen molar-refractivity contribution < 1.29 is 9.53 Å². The van der Waals surface area contributed by atoms with E-state index in [4.69, 9.17) is 9.72 Å². The fraction of sp³-hybridized carbons (Fsp3) is 0.722. The van der Waals surface area contributed by atoms with E-state index in [0.29, 0.717) is 12.1 Å². The largest absolute Gasteiger partial charge is 0.379 e. The highest BCUT2D eigenvalue weighted by Gasteiger charge is 2.30. The van der Waals surface area contributed by atoms with E-state index >= 15 is 0 Å². The fourth-order valence-electron chi connectivity index (χ4n) is 3.82. The van der Waals surface area contributed by atoms with Gasteiger partial charge in [-0.3, -0.25) is 9.69 Å². The SMILES string of the molecule is O=C1c2cnc(N3CCCCCC3)nc2CN1CCN1CCOCC1. The molecular formula is C18H27N5O2. The standard InChI is InChI=1S/C18H27N5O2/c24-17-15-13-19-18(22-5-3-1-2-4-6-22)20-16(15)14-23(17)8-7-21-9-11-25-12-10-21/h13H,1-12,14H2. The molecule has 0 aliphatic carbocycles. The number of aromatic nitrogens is 2. The molecule has 2 fully saturated rings. The molecule has 1 aromatic heterocycles. The van der Waals surface area contributed by atoms with Crippen molar-refractivity contribution >= 4 is 11.9 Å². The van der Waals surface area contributed by atoms with Crippen LogP contribution < -0.4 is 4.90 Å². The monoisotopic (exact) mass is 345 g/mol. The van der Waals surface area contributed by atoms with Crippen LogP contribution in [0, 0.1) is 0 Å². The van der Waals surface area contributed by atoms with Gasteiger partial charge < -0.3 is 14.5 Å². The van der Waals surface area contributed by atoms with E-state index in [-0.39, 0.29) is 5.91 Å². The smallest absolute Gasteiger partial charge is 0.257 e. The quantitative estimate of drug-likeness (QED) is 0.816. The van der Waals surface area contributed by atoms with Crippen LogP contribution in [0.15, 0.2) is 6.20 Å². The summed E-state index contributed by atoms with van der Waals surface area (Å²) in [6.45, 7) is 7.78. The number of carbonyl (C=O) groups excluding carboxylic acids is 1. The van der Waals surface area contributed by atoms with Crippen molar-refractivity contribution in [1.29, 1.82) is 0 Å². The van der Waals surface area contributed by atoms with Gasteiger partial charge >= 0.3 is 0 Å². The lowest BCUT2D eigenvalue weighted by atomic mass is 10.2. The number of hydrogen-bond acceptors (Lipinski definition) is 6. The third kappa shape index (κ3) is 3.77. The van der Waals surface area contributed by atoms with Crippen LogP contribution in [0.5, 0.6) is 0 Å². The van der Waals surface area contributed by atoms with Crippen LogP contribution >= 0.6 is 0 Å². The fourth-order valence-corrected chi connectivity index (χ4v) is 3.82. The third-order valence-corrected chi connectivity index (χ3v) is 5.39. The van der Waals surface area contributed by atoms with E-state index in [9.17, 15) is 4.79 Å². The minimum atomic E-state index is 0.0747. The van der Waals surface area contributed by atoms with Crippen molar-refractivity contribution in [3.05, 3.63) is 17.5 Å². The summed E-state index contributed by atoms with van der Waals surface area (Å²) in [5.41, 5.74) is 1.57. The van der Waals surface area contributed by atoms with Gasteiger partial charge in [0.1, 0.15) is 0 Å². The van der Waals surface area contributed by atoms with Gasteiger partial charge in [0.05, 0.1) is 31.0 Å². The van der Waals surface area contributed by atoms with Crippen LogP contribution in [-0.4, -0.2) is 78.2 Å². The Kier molecular flexibility index (Phi) is 5.12. The lowest BCUT2D eigenvalue weighted by molar-refractivity contribution is 0.0327. The number of fused-ring (bicyclic) bond motifs is 1. The second-order valence-electron chi connectivity index (χ2n) is 7.11. The maximum atomic E-state index is 12.6. The summed E-state index contributed by atoms with van der Waals surface area (Å²) in [6.07, 6.45) is 6.71. The number of amides is 1. The highest BCUT2D eigenvalue weighted by atomic mass is 16.5. The number of ether oxygens (including phenoxy) is 1. The lowest BCUT2D eigenvalue weighted by Crippen LogP contribution is -2.41. The summed E-state index contributed by atoms with van der Waals surface area (Å²) >= 11 is 0. The Morgan fingerprint density at radius 3 is 2.52 bits per heavy atom. The molecule has 4 rings (SSSR count). The van der Waals surface area contributed by atoms with Crippen molar-refractivity contribution in [2.75, 3.05) is 57.4 Å². The number of carbonyl (C=O) groups is 1. The summed E-state index contributed by atoms with van der Waals surface area (Å²) in [5, 5.41) is 0. The summed E-state index contributed by atoms with van der Waals surface area (Å²) in [5.74, 6) is 0.870. The topological polar surface area (TPSA) is 61.8 Å². The van der Waals surface area contributed by atoms with Gasteiger partial charge in [-0.2, -0.15) is 0 Å². The van der Waals surface area contributed by atoms with Gasteiger partial charge in [-0.1, -0.05) is 12.8 Å². The summed E-state index contributed by atoms with van der Waals surface area (Å²) in [7, 11) is 0. The minimum absolute atomic E-state index is 0.0747. The molecule has 4 heterocycles. The molecule has 0 spiro atoms. The van der Waals surface area contributed by atoms with Crippen LogP contribution in [0.1, 0.15) is 41.7 Å². The van der Waals surface area contributed by atoms with Crippen LogP contribution in [0.25, 0.3) is 0 Å². The first-order valence-corrected chi connectivity index (χ1v) is 9.51. The first kappa shape index (κ1) is 16.7. The van der Waals surface area contributed by atoms with Crippen LogP contribution in [0.2, 0.25) is 0 Å². The Morgan fingerprint density at radius 2 is 1.76 bits per heavy atom. The number of nitrogens with zero attached hydrogens (tertiary/aromatic N) is 5. The Morgan fingerprint density at radius 1 is 1.00 bits per heavy atom. The van der Waals surface area contributed by atoms with Gasteiger partial charge in [0, 0.05) is 45.5 Å². The normalized spacial score (nSPS) is 22.2. The van der Waals surface area contributed by atoms with Gasteiger partial charge in [0.15, 0.2) is 0 Å². The minimum Gasteiger partial charge on any atom is -0.379 e. The molecule has 0 unspecified atom stereocenters. The Balaban J connectivity index is 1.40. The molecule has 2 saturated heterocycles. The van der Waals surface area contributed by atoms with E-state index in [2.05, 4.69) is 14.8 Å². The highest BCUT2D eigenvalue weighted by molar-refractivity contribution is 5.97. The maximum absolute atomic E-state index is 12.6. The van der Waals surface area contributed by atoms with Gasteiger partial charge in [-0.15, -0.1) is 0 Å². The first-order chi connectivity index (χ1) is 12.3. The predicted molar refractivity (Wildman–Crippen MR) is 94.7 cm³/mol. The van der Waals surface area contributed by atoms with Gasteiger partial charge in [-0.05, 0) is 12.8 Å². The molecule has 0 saturated carbocycles. The van der Waals surface area contributed by atoms with E-state index in [1.165, 1.54) is 25.7 Å². The van der Waals surface area contributed by atoms with E-state index < -0.39 is 0 Å². The molecular weight excluding hydrogens is 318 g/mol. The third-order valence-electron chi connectivity index (χ3n) is 5.39. The van der Waals surface area contributed by atoms with Gasteiger partial charge in [0.25, 0.3) is 5.91 Å². The first-order valence-electron chi connectivity index (χ1n) is 9.51. The Bertz CT molecular complexity index is 609. The zero-order chi connectivity index (χ0) is 17.1. The van der Waals surface area contributed by atoms with Gasteiger partial charge in [-0.25, -0.2) is 9.97 Å². The van der Waals surface area contributed by atoms with E-state index in [0.717, 1.165) is 64.1 Å². The second kappa shape index (κ2) is 7.66. The maximum Gasteiger partial charge on any atom is 0.257 e. The molecule has 1 amide bonds. The van der Waals surface area contributed by atoms with Crippen molar-refractivity contribution in [3.8, 4) is 0 Å². The highest BCUT2D eigenvalue weighted by Crippen LogP contribution is 2.23. The Hall–Kier alpha value is -1.73. The number of rotatable bonds is 4. The van der Waals surface area contributed by atoms with Crippen LogP contribution in [0.3, 0.4) is 0 Å². The zero-order valence-corrected chi connectivity index (χ0v) is 14.8. The van der Waals surface area contributed by atoms with Crippen molar-refractivity contribution in [2.24, 2.45) is 0 Å². The molecule has 1 aromatic rings. The lowest BCUT2D eigenvalue weighted by Gasteiger charge is -2.28. The zero-order valence-electron chi connectivity index (χ0n) is 14.8. The molecule has 3 aliphatic heterocycles. The molecule has 0 N–H and O–H groups in total. The molecule has 7 nitrogen and oxygen atoms in total. The molecule has 0 aromatic carbocycles. The Labute approximate surface area is 149 Å². The average molecular weight is 345 g/mol. The van der Waals surface area contributed by atoms with E-state index in [1.54, 1.807) is 6.20 Å². The van der Waals surface area contributed by atoms with Gasteiger partial charge in [0.2, 0.25) is 5.95 Å². The van der Waals surface area contributed by atoms with Crippen LogP contribution in [-0.2, 0) is 11.3 Å². The molecule has 7 heteroatoms. The van der Waals surface area contributed by atoms with E-state index in [1.807, 2.05) is 4.90 Å². The van der Waals surface area contributed by atoms with Crippen LogP contribution in [0.4, 0.5) is 5.95 Å². The van der Waals surface area contributed by atoms with Crippen molar-refractivity contribution in [3.63, 3.8) is 0 Å². The molecule has 3 aliphatic rings. The molecule has 0 bridgehead atoms. The molecule has 0 atom stereocenters. The predicted octanol–water partition coefficient (Wildman–Crippen LogP) is 1.15. The number of morpholine rings is 1. The molecule has 25 heavy (non-hydrogen) atoms. The van der Waals surface area contributed by atoms with Crippen molar-refractivity contribution in [1.82, 2.24) is 19.8 Å². The summed E-state index contributed by atoms with van der Waals surface area (Å²) < 4.78 is 5.38.